The number of nitrogens with one attached hydrogen (secondary N) is 2. The van der Waals surface area contributed by atoms with E-state index in [2.05, 4.69) is 41.4 Å². The molecule has 5 rings (SSSR count). The first-order valence-electron chi connectivity index (χ1n) is 11.1. The predicted molar refractivity (Wildman–Crippen MR) is 121 cm³/mol. The number of amides is 1. The molecule has 1 aromatic heterocycles. The van der Waals surface area contributed by atoms with Gasteiger partial charge in [0.15, 0.2) is 12.3 Å². The molecule has 1 aliphatic heterocycles. The summed E-state index contributed by atoms with van der Waals surface area (Å²) in [6.07, 6.45) is 1.80. The summed E-state index contributed by atoms with van der Waals surface area (Å²) in [6, 6.07) is 16.1. The topological polar surface area (TPSA) is 67.0 Å². The molecule has 1 saturated carbocycles. The second-order valence-corrected chi connectivity index (χ2v) is 8.74. The van der Waals surface area contributed by atoms with E-state index in [0.29, 0.717) is 23.6 Å². The fraction of sp³-hybridized carbons (Fsp3) is 0.360. The van der Waals surface area contributed by atoms with Crippen molar-refractivity contribution in [2.45, 2.75) is 19.8 Å². The Bertz CT molecular complexity index is 1110. The van der Waals surface area contributed by atoms with Crippen molar-refractivity contribution in [2.24, 2.45) is 5.92 Å². The van der Waals surface area contributed by atoms with Crippen LogP contribution in [-0.2, 0) is 4.79 Å². The Morgan fingerprint density at radius 3 is 2.48 bits per heavy atom. The first-order chi connectivity index (χ1) is 15.1. The van der Waals surface area contributed by atoms with E-state index in [4.69, 9.17) is 4.42 Å². The smallest absolute Gasteiger partial charge is 0.279 e. The molecule has 1 amide bonds. The number of hydrogen-bond acceptors (Lipinski definition) is 4. The van der Waals surface area contributed by atoms with Crippen molar-refractivity contribution in [1.82, 2.24) is 0 Å². The minimum Gasteiger partial charge on any atom is -0.451 e. The molecule has 2 fully saturated rings. The molecular weight excluding hydrogens is 390 g/mol. The highest BCUT2D eigenvalue weighted by atomic mass is 16.3. The van der Waals surface area contributed by atoms with Gasteiger partial charge in [-0.3, -0.25) is 9.59 Å². The van der Waals surface area contributed by atoms with Gasteiger partial charge in [0.2, 0.25) is 5.78 Å². The van der Waals surface area contributed by atoms with Crippen LogP contribution in [0, 0.1) is 12.8 Å². The van der Waals surface area contributed by atoms with Gasteiger partial charge in [-0.25, -0.2) is 0 Å². The van der Waals surface area contributed by atoms with E-state index < -0.39 is 0 Å². The Hall–Kier alpha value is -3.12. The van der Waals surface area contributed by atoms with Crippen LogP contribution < -0.4 is 15.1 Å². The van der Waals surface area contributed by atoms with Crippen LogP contribution in [0.15, 0.2) is 52.9 Å². The lowest BCUT2D eigenvalue weighted by Gasteiger charge is -2.33. The van der Waals surface area contributed by atoms with Crippen LogP contribution in [0.25, 0.3) is 11.0 Å². The molecule has 2 N–H and O–H groups in total. The quantitative estimate of drug-likeness (QED) is 0.604. The Labute approximate surface area is 181 Å². The van der Waals surface area contributed by atoms with E-state index in [1.165, 1.54) is 16.2 Å². The third-order valence-electron chi connectivity index (χ3n) is 6.31. The van der Waals surface area contributed by atoms with Gasteiger partial charge in [0.05, 0.1) is 31.9 Å². The summed E-state index contributed by atoms with van der Waals surface area (Å²) in [7, 11) is 0. The van der Waals surface area contributed by atoms with Crippen LogP contribution in [0.1, 0.15) is 29.0 Å². The molecule has 6 heteroatoms. The van der Waals surface area contributed by atoms with E-state index >= 15 is 0 Å². The lowest BCUT2D eigenvalue weighted by Crippen LogP contribution is -3.15. The fourth-order valence-electron chi connectivity index (χ4n) is 4.30. The number of carbonyl (C=O) groups is 2. The molecule has 31 heavy (non-hydrogen) atoms. The van der Waals surface area contributed by atoms with Crippen LogP contribution in [0.2, 0.25) is 0 Å². The lowest BCUT2D eigenvalue weighted by molar-refractivity contribution is -0.892. The zero-order chi connectivity index (χ0) is 21.4. The number of fused-ring (bicyclic) bond motifs is 1. The van der Waals surface area contributed by atoms with E-state index in [9.17, 15) is 9.59 Å². The molecule has 1 aliphatic carbocycles. The number of anilines is 2. The number of carbonyl (C=O) groups excluding carboxylic acids is 2. The van der Waals surface area contributed by atoms with Crippen molar-refractivity contribution >= 4 is 34.0 Å². The minimum atomic E-state index is -0.0739. The molecule has 6 nitrogen and oxygen atoms in total. The van der Waals surface area contributed by atoms with Crippen LogP contribution >= 0.6 is 0 Å². The number of rotatable bonds is 6. The predicted octanol–water partition coefficient (Wildman–Crippen LogP) is 2.68. The molecule has 0 radical (unpaired) electrons. The van der Waals surface area contributed by atoms with Crippen molar-refractivity contribution in [3.63, 3.8) is 0 Å². The summed E-state index contributed by atoms with van der Waals surface area (Å²) in [5.74, 6) is 0.272. The fourth-order valence-corrected chi connectivity index (χ4v) is 4.30. The average molecular weight is 419 g/mol. The third kappa shape index (κ3) is 4.21. The molecule has 2 aromatic carbocycles. The van der Waals surface area contributed by atoms with Crippen molar-refractivity contribution in [3.8, 4) is 0 Å². The average Bonchev–Trinajstić information content (AvgIpc) is 3.57. The standard InChI is InChI=1S/C25H27N3O3/c1-17-6-10-19(11-7-17)28-14-12-27(13-15-28)16-22(29)26-23-20-4-2-3-5-21(20)31-25(23)24(30)18-8-9-18/h2-7,10-11,18H,8-9,12-16H2,1H3,(H,26,29)/p+1. The SMILES string of the molecule is Cc1ccc(N2CC[NH+](CC(=O)Nc3c(C(=O)C4CC4)oc4ccccc34)CC2)cc1. The molecule has 160 valence electrons. The first kappa shape index (κ1) is 19.8. The largest absolute Gasteiger partial charge is 0.451 e. The molecule has 1 saturated heterocycles. The Morgan fingerprint density at radius 2 is 1.77 bits per heavy atom. The number of quaternary nitrogens is 1. The van der Waals surface area contributed by atoms with E-state index in [1.807, 2.05) is 24.3 Å². The Balaban J connectivity index is 1.24. The number of furan rings is 1. The first-order valence-corrected chi connectivity index (χ1v) is 11.1. The maximum absolute atomic E-state index is 12.9. The van der Waals surface area contributed by atoms with E-state index in [1.54, 1.807) is 0 Å². The number of aryl methyl sites for hydroxylation is 1. The van der Waals surface area contributed by atoms with Gasteiger partial charge in [-0.05, 0) is 44.0 Å². The summed E-state index contributed by atoms with van der Waals surface area (Å²) in [5.41, 5.74) is 3.68. The number of piperazine rings is 1. The summed E-state index contributed by atoms with van der Waals surface area (Å²) in [5, 5.41) is 3.80. The molecule has 2 aliphatic rings. The maximum Gasteiger partial charge on any atom is 0.279 e. The minimum absolute atomic E-state index is 0.00515. The van der Waals surface area contributed by atoms with E-state index in [-0.39, 0.29) is 17.6 Å². The highest BCUT2D eigenvalue weighted by molar-refractivity contribution is 6.12. The lowest BCUT2D eigenvalue weighted by atomic mass is 10.1. The van der Waals surface area contributed by atoms with E-state index in [0.717, 1.165) is 44.4 Å². The summed E-state index contributed by atoms with van der Waals surface area (Å²) in [4.78, 5) is 29.2. The summed E-state index contributed by atoms with van der Waals surface area (Å²) in [6.45, 7) is 6.13. The van der Waals surface area contributed by atoms with Gasteiger partial charge in [0.1, 0.15) is 5.58 Å². The molecule has 0 atom stereocenters. The molecule has 0 spiro atoms. The van der Waals surface area contributed by atoms with Gasteiger partial charge < -0.3 is 19.5 Å². The van der Waals surface area contributed by atoms with Gasteiger partial charge in [0.25, 0.3) is 5.91 Å². The van der Waals surface area contributed by atoms with Crippen molar-refractivity contribution in [2.75, 3.05) is 42.9 Å². The summed E-state index contributed by atoms with van der Waals surface area (Å²) >= 11 is 0. The zero-order valence-electron chi connectivity index (χ0n) is 17.8. The molecule has 2 heterocycles. The number of nitrogens with zero attached hydrogens (tertiary/aromatic N) is 1. The second kappa shape index (κ2) is 8.19. The molecular formula is C25H28N3O3+. The number of ketones is 1. The second-order valence-electron chi connectivity index (χ2n) is 8.74. The molecule has 3 aromatic rings. The highest BCUT2D eigenvalue weighted by Gasteiger charge is 2.35. The number of Topliss-reactive ketones (excluding diaryl/α,β-unsaturated/α-hetero) is 1. The zero-order valence-corrected chi connectivity index (χ0v) is 17.8. The van der Waals surface area contributed by atoms with Crippen molar-refractivity contribution in [3.05, 3.63) is 59.9 Å². The van der Waals surface area contributed by atoms with Crippen molar-refractivity contribution in [1.29, 1.82) is 0 Å². The van der Waals surface area contributed by atoms with Gasteiger partial charge in [0, 0.05) is 17.0 Å². The molecule has 0 bridgehead atoms. The van der Waals surface area contributed by atoms with Gasteiger partial charge in [-0.1, -0.05) is 29.8 Å². The Morgan fingerprint density at radius 1 is 1.06 bits per heavy atom. The number of benzene rings is 2. The third-order valence-corrected chi connectivity index (χ3v) is 6.31. The van der Waals surface area contributed by atoms with Crippen molar-refractivity contribution < 1.29 is 18.9 Å². The van der Waals surface area contributed by atoms with Crippen LogP contribution in [0.4, 0.5) is 11.4 Å². The highest BCUT2D eigenvalue weighted by Crippen LogP contribution is 2.38. The molecule has 0 unspecified atom stereocenters. The van der Waals surface area contributed by atoms with Gasteiger partial charge >= 0.3 is 0 Å². The number of hydrogen-bond donors (Lipinski definition) is 2. The normalized spacial score (nSPS) is 17.1. The van der Waals surface area contributed by atoms with Gasteiger partial charge in [-0.15, -0.1) is 0 Å². The monoisotopic (exact) mass is 418 g/mol. The van der Waals surface area contributed by atoms with Crippen LogP contribution in [-0.4, -0.2) is 44.4 Å². The maximum atomic E-state index is 12.9. The van der Waals surface area contributed by atoms with Crippen LogP contribution in [0.5, 0.6) is 0 Å². The Kier molecular flexibility index (Phi) is 5.24. The van der Waals surface area contributed by atoms with Crippen LogP contribution in [0.3, 0.4) is 0 Å². The summed E-state index contributed by atoms with van der Waals surface area (Å²) < 4.78 is 5.85. The van der Waals surface area contributed by atoms with Gasteiger partial charge in [-0.2, -0.15) is 0 Å². The number of para-hydroxylation sites is 1.